The summed E-state index contributed by atoms with van der Waals surface area (Å²) in [6.07, 6.45) is 2.62. The first-order valence-corrected chi connectivity index (χ1v) is 5.85. The SMILES string of the molecule is CCCC(C)C(C)C(C)NCCOC. The summed E-state index contributed by atoms with van der Waals surface area (Å²) in [5, 5.41) is 3.50. The molecule has 0 amide bonds. The fourth-order valence-electron chi connectivity index (χ4n) is 1.79. The zero-order valence-electron chi connectivity index (χ0n) is 10.5. The summed E-state index contributed by atoms with van der Waals surface area (Å²) in [6, 6.07) is 0.590. The Labute approximate surface area is 89.4 Å². The van der Waals surface area contributed by atoms with E-state index in [1.54, 1.807) is 7.11 Å². The smallest absolute Gasteiger partial charge is 0.0587 e. The van der Waals surface area contributed by atoms with E-state index in [4.69, 9.17) is 4.74 Å². The van der Waals surface area contributed by atoms with Gasteiger partial charge in [-0.15, -0.1) is 0 Å². The third-order valence-electron chi connectivity index (χ3n) is 3.20. The predicted octanol–water partition coefficient (Wildman–Crippen LogP) is 2.68. The lowest BCUT2D eigenvalue weighted by molar-refractivity contribution is 0.187. The highest BCUT2D eigenvalue weighted by Crippen LogP contribution is 2.19. The van der Waals surface area contributed by atoms with Crippen LogP contribution < -0.4 is 5.32 Å². The van der Waals surface area contributed by atoms with Crippen molar-refractivity contribution in [3.05, 3.63) is 0 Å². The van der Waals surface area contributed by atoms with Gasteiger partial charge in [-0.1, -0.05) is 33.6 Å². The zero-order valence-corrected chi connectivity index (χ0v) is 10.5. The molecule has 0 fully saturated rings. The van der Waals surface area contributed by atoms with Crippen LogP contribution in [0.1, 0.15) is 40.5 Å². The van der Waals surface area contributed by atoms with Crippen molar-refractivity contribution in [1.29, 1.82) is 0 Å². The molecule has 86 valence electrons. The molecule has 14 heavy (non-hydrogen) atoms. The van der Waals surface area contributed by atoms with Crippen molar-refractivity contribution in [2.75, 3.05) is 20.3 Å². The van der Waals surface area contributed by atoms with Crippen LogP contribution >= 0.6 is 0 Å². The van der Waals surface area contributed by atoms with E-state index in [0.29, 0.717) is 6.04 Å². The molecule has 0 radical (unpaired) electrons. The summed E-state index contributed by atoms with van der Waals surface area (Å²) in [4.78, 5) is 0. The summed E-state index contributed by atoms with van der Waals surface area (Å²) in [7, 11) is 1.75. The van der Waals surface area contributed by atoms with Crippen molar-refractivity contribution in [3.8, 4) is 0 Å². The maximum absolute atomic E-state index is 5.02. The standard InChI is InChI=1S/C12H27NO/c1-6-7-10(2)11(3)12(4)13-8-9-14-5/h10-13H,6-9H2,1-5H3. The molecule has 0 heterocycles. The van der Waals surface area contributed by atoms with Gasteiger partial charge >= 0.3 is 0 Å². The van der Waals surface area contributed by atoms with Crippen molar-refractivity contribution in [3.63, 3.8) is 0 Å². The molecule has 0 rings (SSSR count). The molecule has 0 aromatic heterocycles. The monoisotopic (exact) mass is 201 g/mol. The minimum atomic E-state index is 0.590. The average Bonchev–Trinajstić information content (AvgIpc) is 2.17. The molecule has 2 nitrogen and oxygen atoms in total. The second kappa shape index (κ2) is 8.25. The van der Waals surface area contributed by atoms with E-state index in [-0.39, 0.29) is 0 Å². The molecule has 0 spiro atoms. The second-order valence-corrected chi connectivity index (χ2v) is 4.36. The molecular weight excluding hydrogens is 174 g/mol. The van der Waals surface area contributed by atoms with E-state index in [9.17, 15) is 0 Å². The van der Waals surface area contributed by atoms with E-state index < -0.39 is 0 Å². The number of methoxy groups -OCH3 is 1. The van der Waals surface area contributed by atoms with Crippen LogP contribution in [0.4, 0.5) is 0 Å². The Hall–Kier alpha value is -0.0800. The quantitative estimate of drug-likeness (QED) is 0.610. The third-order valence-corrected chi connectivity index (χ3v) is 3.20. The molecule has 0 aromatic carbocycles. The molecule has 1 N–H and O–H groups in total. The van der Waals surface area contributed by atoms with Crippen LogP contribution in [-0.2, 0) is 4.74 Å². The maximum Gasteiger partial charge on any atom is 0.0587 e. The minimum Gasteiger partial charge on any atom is -0.383 e. The van der Waals surface area contributed by atoms with Crippen LogP contribution in [0.25, 0.3) is 0 Å². The predicted molar refractivity (Wildman–Crippen MR) is 62.6 cm³/mol. The topological polar surface area (TPSA) is 21.3 Å². The lowest BCUT2D eigenvalue weighted by Gasteiger charge is -2.26. The minimum absolute atomic E-state index is 0.590. The number of hydrogen-bond donors (Lipinski definition) is 1. The van der Waals surface area contributed by atoms with Crippen LogP contribution in [0, 0.1) is 11.8 Å². The number of ether oxygens (including phenoxy) is 1. The molecule has 2 heteroatoms. The molecule has 0 saturated heterocycles. The fourth-order valence-corrected chi connectivity index (χ4v) is 1.79. The van der Waals surface area contributed by atoms with Gasteiger partial charge in [-0.2, -0.15) is 0 Å². The third kappa shape index (κ3) is 5.61. The Morgan fingerprint density at radius 1 is 1.21 bits per heavy atom. The first-order valence-electron chi connectivity index (χ1n) is 5.85. The summed E-state index contributed by atoms with van der Waals surface area (Å²) in [5.74, 6) is 1.55. The highest BCUT2D eigenvalue weighted by molar-refractivity contribution is 4.72. The van der Waals surface area contributed by atoms with E-state index in [0.717, 1.165) is 25.0 Å². The van der Waals surface area contributed by atoms with Gasteiger partial charge in [0.2, 0.25) is 0 Å². The number of hydrogen-bond acceptors (Lipinski definition) is 2. The molecule has 0 bridgehead atoms. The van der Waals surface area contributed by atoms with E-state index in [1.165, 1.54) is 12.8 Å². The van der Waals surface area contributed by atoms with Gasteiger partial charge in [0.25, 0.3) is 0 Å². The molecule has 3 atom stereocenters. The van der Waals surface area contributed by atoms with Crippen LogP contribution in [-0.4, -0.2) is 26.3 Å². The first-order chi connectivity index (χ1) is 6.63. The largest absolute Gasteiger partial charge is 0.383 e. The molecule has 0 aliphatic heterocycles. The molecule has 0 aromatic rings. The fraction of sp³-hybridized carbons (Fsp3) is 1.00. The number of rotatable bonds is 8. The van der Waals surface area contributed by atoms with Gasteiger partial charge in [-0.05, 0) is 18.8 Å². The summed E-state index contributed by atoms with van der Waals surface area (Å²) in [6.45, 7) is 11.0. The average molecular weight is 201 g/mol. The molecule has 3 unspecified atom stereocenters. The van der Waals surface area contributed by atoms with E-state index >= 15 is 0 Å². The van der Waals surface area contributed by atoms with Crippen LogP contribution in [0.15, 0.2) is 0 Å². The number of nitrogens with one attached hydrogen (secondary N) is 1. The Balaban J connectivity index is 3.68. The van der Waals surface area contributed by atoms with Crippen molar-refractivity contribution in [2.45, 2.75) is 46.6 Å². The van der Waals surface area contributed by atoms with Crippen molar-refractivity contribution in [1.82, 2.24) is 5.32 Å². The Bertz CT molecular complexity index is 127. The molecule has 0 aliphatic rings. The van der Waals surface area contributed by atoms with Crippen LogP contribution in [0.3, 0.4) is 0 Å². The zero-order chi connectivity index (χ0) is 11.0. The van der Waals surface area contributed by atoms with Gasteiger partial charge in [-0.25, -0.2) is 0 Å². The summed E-state index contributed by atoms with van der Waals surface area (Å²) in [5.41, 5.74) is 0. The molecule has 0 aliphatic carbocycles. The highest BCUT2D eigenvalue weighted by atomic mass is 16.5. The summed E-state index contributed by atoms with van der Waals surface area (Å²) < 4.78 is 5.02. The maximum atomic E-state index is 5.02. The summed E-state index contributed by atoms with van der Waals surface area (Å²) >= 11 is 0. The Morgan fingerprint density at radius 3 is 2.36 bits per heavy atom. The van der Waals surface area contributed by atoms with Crippen molar-refractivity contribution in [2.24, 2.45) is 11.8 Å². The highest BCUT2D eigenvalue weighted by Gasteiger charge is 2.17. The van der Waals surface area contributed by atoms with Gasteiger partial charge in [0.1, 0.15) is 0 Å². The van der Waals surface area contributed by atoms with Gasteiger partial charge in [-0.3, -0.25) is 0 Å². The lowest BCUT2D eigenvalue weighted by atomic mass is 9.87. The molecule has 0 saturated carbocycles. The van der Waals surface area contributed by atoms with Gasteiger partial charge in [0.05, 0.1) is 6.61 Å². The van der Waals surface area contributed by atoms with Crippen LogP contribution in [0.5, 0.6) is 0 Å². The normalized spacial score (nSPS) is 17.8. The first kappa shape index (κ1) is 13.9. The van der Waals surface area contributed by atoms with Gasteiger partial charge in [0.15, 0.2) is 0 Å². The van der Waals surface area contributed by atoms with Crippen LogP contribution in [0.2, 0.25) is 0 Å². The Kier molecular flexibility index (Phi) is 8.20. The van der Waals surface area contributed by atoms with E-state index in [2.05, 4.69) is 33.0 Å². The van der Waals surface area contributed by atoms with Gasteiger partial charge < -0.3 is 10.1 Å². The lowest BCUT2D eigenvalue weighted by Crippen LogP contribution is -2.37. The van der Waals surface area contributed by atoms with Crippen molar-refractivity contribution < 1.29 is 4.74 Å². The van der Waals surface area contributed by atoms with Crippen molar-refractivity contribution >= 4 is 0 Å². The van der Waals surface area contributed by atoms with E-state index in [1.807, 2.05) is 0 Å². The second-order valence-electron chi connectivity index (χ2n) is 4.36. The Morgan fingerprint density at radius 2 is 1.86 bits per heavy atom. The molecular formula is C12H27NO. The van der Waals surface area contributed by atoms with Gasteiger partial charge in [0, 0.05) is 19.7 Å².